The number of imide groups is 1. The Morgan fingerprint density at radius 3 is 2.31 bits per heavy atom. The highest BCUT2D eigenvalue weighted by Crippen LogP contribution is 2.65. The van der Waals surface area contributed by atoms with Crippen LogP contribution >= 0.6 is 0 Å². The highest BCUT2D eigenvalue weighted by atomic mass is 16.2. The van der Waals surface area contributed by atoms with Gasteiger partial charge in [-0.25, -0.2) is 0 Å². The summed E-state index contributed by atoms with van der Waals surface area (Å²) in [6.45, 7) is 2.11. The Balaban J connectivity index is 1.26. The number of benzene rings is 1. The van der Waals surface area contributed by atoms with Gasteiger partial charge in [-0.2, -0.15) is 0 Å². The van der Waals surface area contributed by atoms with E-state index in [1.165, 1.54) is 4.90 Å². The zero-order chi connectivity index (χ0) is 18.0. The molecule has 0 spiro atoms. The van der Waals surface area contributed by atoms with Gasteiger partial charge in [-0.15, -0.1) is 0 Å². The summed E-state index contributed by atoms with van der Waals surface area (Å²) in [5, 5.41) is 2.87. The Morgan fingerprint density at radius 2 is 1.69 bits per heavy atom. The topological polar surface area (TPSA) is 66.5 Å². The number of amides is 3. The highest BCUT2D eigenvalue weighted by molar-refractivity contribution is 6.06. The van der Waals surface area contributed by atoms with Crippen molar-refractivity contribution in [2.75, 3.05) is 11.9 Å². The molecule has 1 aliphatic heterocycles. The van der Waals surface area contributed by atoms with Crippen molar-refractivity contribution < 1.29 is 14.4 Å². The average molecular weight is 350 g/mol. The lowest BCUT2D eigenvalue weighted by molar-refractivity contribution is -0.140. The lowest BCUT2D eigenvalue weighted by Crippen LogP contribution is -2.40. The van der Waals surface area contributed by atoms with Crippen molar-refractivity contribution in [3.8, 4) is 0 Å². The molecular formula is C21H22N2O3. The third kappa shape index (κ3) is 2.19. The van der Waals surface area contributed by atoms with Crippen LogP contribution in [0.4, 0.5) is 5.69 Å². The van der Waals surface area contributed by atoms with Crippen molar-refractivity contribution in [3.63, 3.8) is 0 Å². The molecule has 5 aliphatic rings. The molecule has 6 rings (SSSR count). The van der Waals surface area contributed by atoms with Crippen molar-refractivity contribution in [1.82, 2.24) is 4.90 Å². The van der Waals surface area contributed by atoms with E-state index in [0.29, 0.717) is 11.8 Å². The van der Waals surface area contributed by atoms with Gasteiger partial charge in [0.15, 0.2) is 0 Å². The molecule has 2 bridgehead atoms. The zero-order valence-corrected chi connectivity index (χ0v) is 14.7. The first-order chi connectivity index (χ1) is 12.6. The number of para-hydroxylation sites is 1. The molecule has 1 N–H and O–H groups in total. The van der Waals surface area contributed by atoms with Crippen LogP contribution in [-0.2, 0) is 14.4 Å². The average Bonchev–Trinajstić information content (AvgIpc) is 3.41. The monoisotopic (exact) mass is 350 g/mol. The number of carbonyl (C=O) groups is 3. The van der Waals surface area contributed by atoms with Crippen molar-refractivity contribution in [2.24, 2.45) is 35.5 Å². The Hall–Kier alpha value is -2.43. The van der Waals surface area contributed by atoms with Gasteiger partial charge in [-0.3, -0.25) is 19.3 Å². The maximum Gasteiger partial charge on any atom is 0.233 e. The van der Waals surface area contributed by atoms with Crippen molar-refractivity contribution in [2.45, 2.75) is 19.8 Å². The summed E-state index contributed by atoms with van der Waals surface area (Å²) in [6, 6.07) is 7.57. The van der Waals surface area contributed by atoms with E-state index < -0.39 is 0 Å². The number of hydrogen-bond acceptors (Lipinski definition) is 3. The van der Waals surface area contributed by atoms with Crippen LogP contribution in [0.3, 0.4) is 0 Å². The van der Waals surface area contributed by atoms with Gasteiger partial charge in [0, 0.05) is 18.7 Å². The molecule has 2 saturated carbocycles. The fourth-order valence-corrected chi connectivity index (χ4v) is 5.38. The number of rotatable bonds is 4. The normalized spacial score (nSPS) is 36.1. The van der Waals surface area contributed by atoms with Crippen LogP contribution < -0.4 is 5.32 Å². The fraction of sp³-hybridized carbons (Fsp3) is 0.476. The molecule has 3 amide bonds. The Labute approximate surface area is 152 Å². The van der Waals surface area contributed by atoms with Crippen molar-refractivity contribution >= 4 is 23.4 Å². The van der Waals surface area contributed by atoms with Gasteiger partial charge in [-0.05, 0) is 48.6 Å². The highest BCUT2D eigenvalue weighted by Gasteiger charge is 2.66. The second kappa shape index (κ2) is 5.53. The van der Waals surface area contributed by atoms with Gasteiger partial charge < -0.3 is 5.32 Å². The summed E-state index contributed by atoms with van der Waals surface area (Å²) in [5.74, 6) is 1.02. The van der Waals surface area contributed by atoms with Crippen molar-refractivity contribution in [1.29, 1.82) is 0 Å². The molecule has 134 valence electrons. The smallest absolute Gasteiger partial charge is 0.233 e. The number of carbonyl (C=O) groups excluding carboxylic acids is 3. The Kier molecular flexibility index (Phi) is 3.36. The second-order valence-corrected chi connectivity index (χ2v) is 8.10. The molecule has 0 aromatic heterocycles. The lowest BCUT2D eigenvalue weighted by Gasteiger charge is -2.37. The quantitative estimate of drug-likeness (QED) is 0.670. The standard InChI is InChI=1S/C21H22N2O3/c1-11-4-2-3-5-16(11)22-17(24)8-9-23-20(25)18-12-6-7-13(15-10-14(12)15)19(18)21(23)26/h2-7,12-15,18-19H,8-10H2,1H3,(H,22,24)/t12-,13-,14-,15-,18+,19+/m1/s1. The number of nitrogens with one attached hydrogen (secondary N) is 1. The minimum Gasteiger partial charge on any atom is -0.326 e. The summed E-state index contributed by atoms with van der Waals surface area (Å²) in [4.78, 5) is 39.4. The van der Waals surface area contributed by atoms with E-state index in [0.717, 1.165) is 17.7 Å². The van der Waals surface area contributed by atoms with E-state index in [1.54, 1.807) is 0 Å². The fourth-order valence-electron chi connectivity index (χ4n) is 5.38. The number of aryl methyl sites for hydroxylation is 1. The van der Waals surface area contributed by atoms with Crippen LogP contribution in [0, 0.1) is 42.4 Å². The molecule has 5 heteroatoms. The minimum atomic E-state index is -0.180. The van der Waals surface area contributed by atoms with Gasteiger partial charge in [0.25, 0.3) is 0 Å². The SMILES string of the molecule is Cc1ccccc1NC(=O)CCN1C(=O)[C@H]2[C@@H]3C=C[C@H]([C@H]4C[C@H]34)[C@@H]2C1=O. The van der Waals surface area contributed by atoms with Crippen LogP contribution in [0.25, 0.3) is 0 Å². The summed E-state index contributed by atoms with van der Waals surface area (Å²) in [6.07, 6.45) is 5.63. The molecule has 1 aromatic rings. The zero-order valence-electron chi connectivity index (χ0n) is 14.7. The molecule has 0 unspecified atom stereocenters. The first-order valence-electron chi connectivity index (χ1n) is 9.45. The van der Waals surface area contributed by atoms with Gasteiger partial charge in [0.1, 0.15) is 0 Å². The van der Waals surface area contributed by atoms with E-state index in [4.69, 9.17) is 0 Å². The summed E-state index contributed by atoms with van der Waals surface area (Å²) >= 11 is 0. The molecule has 4 aliphatic carbocycles. The van der Waals surface area contributed by atoms with E-state index in [-0.39, 0.29) is 54.4 Å². The van der Waals surface area contributed by atoms with E-state index in [9.17, 15) is 14.4 Å². The van der Waals surface area contributed by atoms with E-state index in [2.05, 4.69) is 17.5 Å². The third-order valence-corrected chi connectivity index (χ3v) is 6.74. The second-order valence-electron chi connectivity index (χ2n) is 8.10. The first-order valence-corrected chi connectivity index (χ1v) is 9.45. The molecular weight excluding hydrogens is 328 g/mol. The molecule has 1 saturated heterocycles. The summed E-state index contributed by atoms with van der Waals surface area (Å²) < 4.78 is 0. The molecule has 26 heavy (non-hydrogen) atoms. The minimum absolute atomic E-state index is 0.0617. The molecule has 1 heterocycles. The third-order valence-electron chi connectivity index (χ3n) is 6.74. The van der Waals surface area contributed by atoms with Crippen molar-refractivity contribution in [3.05, 3.63) is 42.0 Å². The summed E-state index contributed by atoms with van der Waals surface area (Å²) in [5.41, 5.74) is 1.76. The number of nitrogens with zero attached hydrogens (tertiary/aromatic N) is 1. The molecule has 3 fully saturated rings. The van der Waals surface area contributed by atoms with Gasteiger partial charge in [0.05, 0.1) is 11.8 Å². The molecule has 5 nitrogen and oxygen atoms in total. The van der Waals surface area contributed by atoms with Crippen LogP contribution in [0.5, 0.6) is 0 Å². The maximum absolute atomic E-state index is 12.9. The Bertz CT molecular complexity index is 809. The maximum atomic E-state index is 12.9. The molecule has 6 atom stereocenters. The number of hydrogen-bond donors (Lipinski definition) is 1. The first kappa shape index (κ1) is 15.8. The van der Waals surface area contributed by atoms with Gasteiger partial charge in [0.2, 0.25) is 17.7 Å². The van der Waals surface area contributed by atoms with Crippen LogP contribution in [0.15, 0.2) is 36.4 Å². The van der Waals surface area contributed by atoms with Crippen LogP contribution in [0.1, 0.15) is 18.4 Å². The largest absolute Gasteiger partial charge is 0.326 e. The predicted molar refractivity (Wildman–Crippen MR) is 95.8 cm³/mol. The van der Waals surface area contributed by atoms with Crippen LogP contribution in [0.2, 0.25) is 0 Å². The van der Waals surface area contributed by atoms with E-state index >= 15 is 0 Å². The molecule has 1 aromatic carbocycles. The van der Waals surface area contributed by atoms with Crippen LogP contribution in [-0.4, -0.2) is 29.2 Å². The van der Waals surface area contributed by atoms with Gasteiger partial charge >= 0.3 is 0 Å². The lowest BCUT2D eigenvalue weighted by atomic mass is 9.63. The van der Waals surface area contributed by atoms with Gasteiger partial charge in [-0.1, -0.05) is 30.4 Å². The van der Waals surface area contributed by atoms with E-state index in [1.807, 2.05) is 31.2 Å². The predicted octanol–water partition coefficient (Wildman–Crippen LogP) is 2.38. The Morgan fingerprint density at radius 1 is 1.08 bits per heavy atom. The number of allylic oxidation sites excluding steroid dienone is 2. The molecule has 0 radical (unpaired) electrons. The number of anilines is 1. The summed E-state index contributed by atoms with van der Waals surface area (Å²) in [7, 11) is 0. The number of likely N-dealkylation sites (tertiary alicyclic amines) is 1.